The molecule has 1 aliphatic rings. The van der Waals surface area contributed by atoms with E-state index < -0.39 is 0 Å². The maximum atomic E-state index is 5.33. The van der Waals surface area contributed by atoms with Crippen molar-refractivity contribution in [2.75, 3.05) is 7.11 Å². The fourth-order valence-electron chi connectivity index (χ4n) is 1.67. The second-order valence-corrected chi connectivity index (χ2v) is 5.05. The maximum absolute atomic E-state index is 5.33. The van der Waals surface area contributed by atoms with Gasteiger partial charge in [0.15, 0.2) is 0 Å². The third-order valence-electron chi connectivity index (χ3n) is 2.28. The third kappa shape index (κ3) is 1.75. The van der Waals surface area contributed by atoms with Crippen molar-refractivity contribution in [1.29, 1.82) is 0 Å². The number of thiophene rings is 1. The first kappa shape index (κ1) is 9.53. The molecule has 1 aliphatic carbocycles. The number of allylic oxidation sites excluding steroid dienone is 2. The Kier molecular flexibility index (Phi) is 2.23. The highest BCUT2D eigenvalue weighted by Gasteiger charge is 2.14. The fraction of sp³-hybridized carbons (Fsp3) is 0.333. The average Bonchev–Trinajstić information content (AvgIpc) is 2.45. The molecule has 0 atom stereocenters. The fourth-order valence-corrected chi connectivity index (χ4v) is 2.47. The Labute approximate surface area is 88.0 Å². The van der Waals surface area contributed by atoms with Crippen LogP contribution in [0.4, 0.5) is 0 Å². The van der Waals surface area contributed by atoms with E-state index in [-0.39, 0.29) is 5.41 Å². The van der Waals surface area contributed by atoms with E-state index in [1.165, 1.54) is 9.75 Å². The Balaban J connectivity index is 2.70. The predicted molar refractivity (Wildman–Crippen MR) is 61.4 cm³/mol. The Bertz CT molecular complexity index is 477. The molecular weight excluding hydrogens is 192 g/mol. The van der Waals surface area contributed by atoms with Crippen LogP contribution in [0.3, 0.4) is 0 Å². The molecule has 14 heavy (non-hydrogen) atoms. The number of ether oxygens (including phenoxy) is 1. The highest BCUT2D eigenvalue weighted by atomic mass is 32.1. The van der Waals surface area contributed by atoms with Crippen molar-refractivity contribution in [3.8, 4) is 0 Å². The van der Waals surface area contributed by atoms with Gasteiger partial charge >= 0.3 is 0 Å². The lowest BCUT2D eigenvalue weighted by Gasteiger charge is -2.14. The molecule has 0 saturated heterocycles. The van der Waals surface area contributed by atoms with Crippen LogP contribution in [0.15, 0.2) is 23.3 Å². The molecule has 0 amide bonds. The van der Waals surface area contributed by atoms with Crippen LogP contribution in [0, 0.1) is 5.41 Å². The van der Waals surface area contributed by atoms with Crippen LogP contribution in [0.5, 0.6) is 0 Å². The molecule has 0 N–H and O–H groups in total. The highest BCUT2D eigenvalue weighted by Crippen LogP contribution is 2.23. The molecule has 0 saturated carbocycles. The van der Waals surface area contributed by atoms with Crippen molar-refractivity contribution in [3.63, 3.8) is 0 Å². The van der Waals surface area contributed by atoms with Gasteiger partial charge in [0, 0.05) is 9.95 Å². The summed E-state index contributed by atoms with van der Waals surface area (Å²) in [4.78, 5) is 0. The summed E-state index contributed by atoms with van der Waals surface area (Å²) in [7, 11) is 1.72. The van der Waals surface area contributed by atoms with Crippen LogP contribution in [0.1, 0.15) is 13.8 Å². The number of hydrogen-bond acceptors (Lipinski definition) is 2. The second-order valence-electron chi connectivity index (χ2n) is 4.10. The summed E-state index contributed by atoms with van der Waals surface area (Å²) in [5.41, 5.74) is 0.0637. The van der Waals surface area contributed by atoms with E-state index in [2.05, 4.69) is 43.5 Å². The molecule has 0 aromatic carbocycles. The first-order chi connectivity index (χ1) is 6.61. The van der Waals surface area contributed by atoms with Crippen molar-refractivity contribution < 1.29 is 4.74 Å². The second kappa shape index (κ2) is 3.28. The van der Waals surface area contributed by atoms with Gasteiger partial charge in [-0.05, 0) is 28.8 Å². The van der Waals surface area contributed by atoms with Gasteiger partial charge in [-0.25, -0.2) is 0 Å². The molecule has 1 nitrogen and oxygen atoms in total. The van der Waals surface area contributed by atoms with Crippen molar-refractivity contribution in [2.24, 2.45) is 5.41 Å². The van der Waals surface area contributed by atoms with Crippen LogP contribution >= 0.6 is 11.3 Å². The average molecular weight is 206 g/mol. The first-order valence-corrected chi connectivity index (χ1v) is 5.54. The lowest BCUT2D eigenvalue weighted by molar-refractivity contribution is 0.308. The molecule has 0 fully saturated rings. The molecule has 0 unspecified atom stereocenters. The third-order valence-corrected chi connectivity index (χ3v) is 3.16. The molecule has 1 aromatic rings. The Hall–Kier alpha value is -1.02. The molecule has 74 valence electrons. The summed E-state index contributed by atoms with van der Waals surface area (Å²) < 4.78 is 6.61. The summed E-state index contributed by atoms with van der Waals surface area (Å²) in [6, 6.07) is 2.16. The van der Waals surface area contributed by atoms with Gasteiger partial charge < -0.3 is 4.74 Å². The number of fused-ring (bicyclic) bond motifs is 1. The van der Waals surface area contributed by atoms with Gasteiger partial charge in [0.25, 0.3) is 0 Å². The lowest BCUT2D eigenvalue weighted by atomic mass is 9.92. The zero-order valence-corrected chi connectivity index (χ0v) is 9.52. The van der Waals surface area contributed by atoms with Crippen LogP contribution in [0.2, 0.25) is 0 Å². The molecule has 1 heterocycles. The summed E-state index contributed by atoms with van der Waals surface area (Å²) in [6.07, 6.45) is 6.53. The molecule has 2 heteroatoms. The minimum absolute atomic E-state index is 0.0637. The van der Waals surface area contributed by atoms with Gasteiger partial charge in [-0.1, -0.05) is 19.9 Å². The molecule has 1 aromatic heterocycles. The van der Waals surface area contributed by atoms with Gasteiger partial charge in [0.05, 0.1) is 7.11 Å². The van der Waals surface area contributed by atoms with Crippen LogP contribution in [-0.4, -0.2) is 7.11 Å². The van der Waals surface area contributed by atoms with Gasteiger partial charge in [0.1, 0.15) is 5.76 Å². The Morgan fingerprint density at radius 3 is 2.79 bits per heavy atom. The highest BCUT2D eigenvalue weighted by molar-refractivity contribution is 7.07. The number of methoxy groups -OCH3 is 1. The van der Waals surface area contributed by atoms with E-state index in [0.29, 0.717) is 0 Å². The summed E-state index contributed by atoms with van der Waals surface area (Å²) >= 11 is 1.75. The SMILES string of the molecule is COC1=CC(C)(C)C=c2ccsc2=C1. The van der Waals surface area contributed by atoms with E-state index in [4.69, 9.17) is 4.74 Å². The van der Waals surface area contributed by atoms with Crippen LogP contribution in [-0.2, 0) is 4.74 Å². The van der Waals surface area contributed by atoms with E-state index in [0.717, 1.165) is 5.76 Å². The maximum Gasteiger partial charge on any atom is 0.117 e. The normalized spacial score (nSPS) is 18.4. The largest absolute Gasteiger partial charge is 0.497 e. The summed E-state index contributed by atoms with van der Waals surface area (Å²) in [5.74, 6) is 0.951. The Morgan fingerprint density at radius 1 is 1.29 bits per heavy atom. The zero-order chi connectivity index (χ0) is 10.2. The Morgan fingerprint density at radius 2 is 2.07 bits per heavy atom. The summed E-state index contributed by atoms with van der Waals surface area (Å²) in [5, 5.41) is 3.43. The number of rotatable bonds is 1. The number of hydrogen-bond donors (Lipinski definition) is 0. The van der Waals surface area contributed by atoms with E-state index in [1.807, 2.05) is 0 Å². The van der Waals surface area contributed by atoms with Crippen LogP contribution < -0.4 is 9.75 Å². The van der Waals surface area contributed by atoms with E-state index in [1.54, 1.807) is 18.4 Å². The van der Waals surface area contributed by atoms with Gasteiger partial charge in [0.2, 0.25) is 0 Å². The van der Waals surface area contributed by atoms with Crippen molar-refractivity contribution in [1.82, 2.24) is 0 Å². The summed E-state index contributed by atoms with van der Waals surface area (Å²) in [6.45, 7) is 4.37. The van der Waals surface area contributed by atoms with Crippen LogP contribution in [0.25, 0.3) is 12.2 Å². The molecule has 2 rings (SSSR count). The first-order valence-electron chi connectivity index (χ1n) is 4.66. The minimum Gasteiger partial charge on any atom is -0.497 e. The standard InChI is InChI=1S/C12H14OS/c1-12(2)7-9-4-5-14-11(9)6-10(8-12)13-3/h4-8H,1-3H3. The predicted octanol–water partition coefficient (Wildman–Crippen LogP) is 1.88. The topological polar surface area (TPSA) is 9.23 Å². The van der Waals surface area contributed by atoms with Gasteiger partial charge in [-0.3, -0.25) is 0 Å². The van der Waals surface area contributed by atoms with Crippen molar-refractivity contribution >= 4 is 23.5 Å². The van der Waals surface area contributed by atoms with Crippen molar-refractivity contribution in [3.05, 3.63) is 33.0 Å². The smallest absolute Gasteiger partial charge is 0.117 e. The molecule has 0 bridgehead atoms. The zero-order valence-electron chi connectivity index (χ0n) is 8.70. The van der Waals surface area contributed by atoms with Gasteiger partial charge in [-0.2, -0.15) is 0 Å². The molecule has 0 radical (unpaired) electrons. The molecular formula is C12H14OS. The van der Waals surface area contributed by atoms with Crippen molar-refractivity contribution in [2.45, 2.75) is 13.8 Å². The molecule has 0 spiro atoms. The monoisotopic (exact) mass is 206 g/mol. The van der Waals surface area contributed by atoms with E-state index in [9.17, 15) is 0 Å². The lowest BCUT2D eigenvalue weighted by Crippen LogP contribution is -2.19. The molecule has 0 aliphatic heterocycles. The van der Waals surface area contributed by atoms with E-state index >= 15 is 0 Å². The van der Waals surface area contributed by atoms with Gasteiger partial charge in [-0.15, -0.1) is 11.3 Å². The quantitative estimate of drug-likeness (QED) is 0.681. The minimum atomic E-state index is 0.0637.